The van der Waals surface area contributed by atoms with Crippen LogP contribution in [0, 0.1) is 0 Å². The van der Waals surface area contributed by atoms with Crippen LogP contribution in [0.1, 0.15) is 5.69 Å². The van der Waals surface area contributed by atoms with Crippen LogP contribution in [0.2, 0.25) is 0 Å². The molecule has 2 N–H and O–H groups in total. The molecule has 0 unspecified atom stereocenters. The van der Waals surface area contributed by atoms with Gasteiger partial charge in [0.15, 0.2) is 5.65 Å². The summed E-state index contributed by atoms with van der Waals surface area (Å²) >= 11 is 0. The molecule has 0 fully saturated rings. The third kappa shape index (κ3) is 1.35. The van der Waals surface area contributed by atoms with Crippen LogP contribution in [0.5, 0.6) is 0 Å². The summed E-state index contributed by atoms with van der Waals surface area (Å²) in [6.07, 6.45) is 6.78. The summed E-state index contributed by atoms with van der Waals surface area (Å²) in [5.41, 5.74) is 2.37. The summed E-state index contributed by atoms with van der Waals surface area (Å²) in [5.74, 6) is 0. The molecule has 2 aromatic heterocycles. The molecule has 5 heteroatoms. The molecule has 0 radical (unpaired) electrons. The summed E-state index contributed by atoms with van der Waals surface area (Å²) in [7, 11) is 1.84. The van der Waals surface area contributed by atoms with Gasteiger partial charge in [0.05, 0.1) is 12.0 Å². The molecule has 0 aliphatic rings. The minimum atomic E-state index is 0.686. The molecule has 66 valence electrons. The van der Waals surface area contributed by atoms with Crippen molar-refractivity contribution in [2.24, 2.45) is 0 Å². The van der Waals surface area contributed by atoms with E-state index in [0.717, 1.165) is 11.2 Å². The zero-order chi connectivity index (χ0) is 9.10. The monoisotopic (exact) mass is 175 g/mol. The van der Waals surface area contributed by atoms with Crippen LogP contribution in [0.15, 0.2) is 18.9 Å². The van der Waals surface area contributed by atoms with Crippen LogP contribution in [-0.2, 0) is 0 Å². The first-order valence-corrected chi connectivity index (χ1v) is 3.89. The molecular weight excluding hydrogens is 166 g/mol. The second-order valence-electron chi connectivity index (χ2n) is 2.48. The van der Waals surface area contributed by atoms with Gasteiger partial charge in [0, 0.05) is 7.05 Å². The highest BCUT2D eigenvalue weighted by Crippen LogP contribution is 2.09. The SMILES string of the molecule is CN/C=C/c1ncnc2nc[nH]c12. The molecule has 0 aliphatic carbocycles. The normalized spacial score (nSPS) is 11.2. The standard InChI is InChI=1S/C8H9N5/c1-9-3-2-6-7-8(12-4-10-6)13-5-11-7/h2-5,9H,1H3,(H,10,11,12,13)/b3-2+. The zero-order valence-corrected chi connectivity index (χ0v) is 7.15. The molecule has 0 aromatic carbocycles. The number of imidazole rings is 1. The van der Waals surface area contributed by atoms with Crippen molar-refractivity contribution in [1.82, 2.24) is 25.3 Å². The third-order valence-corrected chi connectivity index (χ3v) is 1.66. The van der Waals surface area contributed by atoms with E-state index in [1.165, 1.54) is 6.33 Å². The molecule has 2 aromatic rings. The molecule has 0 amide bonds. The van der Waals surface area contributed by atoms with E-state index >= 15 is 0 Å². The predicted molar refractivity (Wildman–Crippen MR) is 49.8 cm³/mol. The molecule has 2 rings (SSSR count). The molecule has 0 saturated heterocycles. The number of nitrogens with zero attached hydrogens (tertiary/aromatic N) is 3. The van der Waals surface area contributed by atoms with Crippen molar-refractivity contribution in [3.8, 4) is 0 Å². The lowest BCUT2D eigenvalue weighted by atomic mass is 10.3. The highest BCUT2D eigenvalue weighted by molar-refractivity contribution is 5.78. The summed E-state index contributed by atoms with van der Waals surface area (Å²) in [5, 5.41) is 2.90. The van der Waals surface area contributed by atoms with Crippen molar-refractivity contribution >= 4 is 17.2 Å². The van der Waals surface area contributed by atoms with Crippen LogP contribution in [-0.4, -0.2) is 27.0 Å². The Kier molecular flexibility index (Phi) is 1.91. The summed E-state index contributed by atoms with van der Waals surface area (Å²) in [4.78, 5) is 15.1. The van der Waals surface area contributed by atoms with Crippen LogP contribution < -0.4 is 5.32 Å². The van der Waals surface area contributed by atoms with Gasteiger partial charge in [0.1, 0.15) is 11.8 Å². The first-order valence-electron chi connectivity index (χ1n) is 3.89. The molecular formula is C8H9N5. The highest BCUT2D eigenvalue weighted by atomic mass is 15.0. The lowest BCUT2D eigenvalue weighted by molar-refractivity contribution is 1.11. The Labute approximate surface area is 74.9 Å². The van der Waals surface area contributed by atoms with Crippen molar-refractivity contribution in [3.05, 3.63) is 24.5 Å². The number of aromatic amines is 1. The molecule has 5 nitrogen and oxygen atoms in total. The molecule has 0 bridgehead atoms. The van der Waals surface area contributed by atoms with E-state index in [1.54, 1.807) is 6.33 Å². The fourth-order valence-corrected chi connectivity index (χ4v) is 1.07. The van der Waals surface area contributed by atoms with Gasteiger partial charge < -0.3 is 10.3 Å². The third-order valence-electron chi connectivity index (χ3n) is 1.66. The average molecular weight is 175 g/mol. The van der Waals surface area contributed by atoms with E-state index in [0.29, 0.717) is 5.65 Å². The molecule has 2 heterocycles. The maximum atomic E-state index is 4.11. The molecule has 0 saturated carbocycles. The highest BCUT2D eigenvalue weighted by Gasteiger charge is 2.00. The maximum Gasteiger partial charge on any atom is 0.181 e. The van der Waals surface area contributed by atoms with Gasteiger partial charge in [-0.2, -0.15) is 0 Å². The van der Waals surface area contributed by atoms with Gasteiger partial charge in [0.25, 0.3) is 0 Å². The largest absolute Gasteiger partial charge is 0.394 e. The van der Waals surface area contributed by atoms with Crippen molar-refractivity contribution in [2.45, 2.75) is 0 Å². The molecule has 13 heavy (non-hydrogen) atoms. The van der Waals surface area contributed by atoms with E-state index in [-0.39, 0.29) is 0 Å². The number of H-pyrrole nitrogens is 1. The smallest absolute Gasteiger partial charge is 0.181 e. The summed E-state index contributed by atoms with van der Waals surface area (Å²) < 4.78 is 0. The second kappa shape index (κ2) is 3.22. The second-order valence-corrected chi connectivity index (χ2v) is 2.48. The number of rotatable bonds is 2. The van der Waals surface area contributed by atoms with Crippen LogP contribution in [0.4, 0.5) is 0 Å². The lowest BCUT2D eigenvalue weighted by Crippen LogP contribution is -1.92. The average Bonchev–Trinajstić information content (AvgIpc) is 2.62. The first-order chi connectivity index (χ1) is 6.42. The van der Waals surface area contributed by atoms with E-state index in [2.05, 4.69) is 25.3 Å². The fraction of sp³-hybridized carbons (Fsp3) is 0.125. The zero-order valence-electron chi connectivity index (χ0n) is 7.15. The Balaban J connectivity index is 2.54. The summed E-state index contributed by atoms with van der Waals surface area (Å²) in [6, 6.07) is 0. The topological polar surface area (TPSA) is 66.5 Å². The first kappa shape index (κ1) is 7.72. The number of aromatic nitrogens is 4. The Morgan fingerprint density at radius 3 is 3.15 bits per heavy atom. The van der Waals surface area contributed by atoms with Gasteiger partial charge in [-0.05, 0) is 12.3 Å². The van der Waals surface area contributed by atoms with Gasteiger partial charge >= 0.3 is 0 Å². The Morgan fingerprint density at radius 2 is 2.31 bits per heavy atom. The number of hydrogen-bond donors (Lipinski definition) is 2. The van der Waals surface area contributed by atoms with Gasteiger partial charge in [0.2, 0.25) is 0 Å². The maximum absolute atomic E-state index is 4.11. The van der Waals surface area contributed by atoms with Gasteiger partial charge in [-0.3, -0.25) is 0 Å². The quantitative estimate of drug-likeness (QED) is 0.699. The van der Waals surface area contributed by atoms with E-state index in [9.17, 15) is 0 Å². The minimum absolute atomic E-state index is 0.686. The van der Waals surface area contributed by atoms with Crippen LogP contribution in [0.3, 0.4) is 0 Å². The van der Waals surface area contributed by atoms with Crippen LogP contribution >= 0.6 is 0 Å². The number of hydrogen-bond acceptors (Lipinski definition) is 4. The van der Waals surface area contributed by atoms with E-state index in [1.807, 2.05) is 19.3 Å². The van der Waals surface area contributed by atoms with Crippen LogP contribution in [0.25, 0.3) is 17.2 Å². The van der Waals surface area contributed by atoms with Gasteiger partial charge in [-0.25, -0.2) is 15.0 Å². The number of nitrogens with one attached hydrogen (secondary N) is 2. The van der Waals surface area contributed by atoms with Crippen molar-refractivity contribution in [2.75, 3.05) is 7.05 Å². The van der Waals surface area contributed by atoms with E-state index < -0.39 is 0 Å². The van der Waals surface area contributed by atoms with Crippen molar-refractivity contribution in [3.63, 3.8) is 0 Å². The van der Waals surface area contributed by atoms with E-state index in [4.69, 9.17) is 0 Å². The Hall–Kier alpha value is -1.91. The lowest BCUT2D eigenvalue weighted by Gasteiger charge is -1.93. The molecule has 0 atom stereocenters. The summed E-state index contributed by atoms with van der Waals surface area (Å²) in [6.45, 7) is 0. The van der Waals surface area contributed by atoms with Gasteiger partial charge in [-0.15, -0.1) is 0 Å². The molecule has 0 spiro atoms. The predicted octanol–water partition coefficient (Wildman–Crippen LogP) is 0.543. The minimum Gasteiger partial charge on any atom is -0.394 e. The van der Waals surface area contributed by atoms with Crippen molar-refractivity contribution < 1.29 is 0 Å². The Morgan fingerprint density at radius 1 is 1.38 bits per heavy atom. The van der Waals surface area contributed by atoms with Crippen molar-refractivity contribution in [1.29, 1.82) is 0 Å². The fourth-order valence-electron chi connectivity index (χ4n) is 1.07. The number of fused-ring (bicyclic) bond motifs is 1. The Bertz CT molecular complexity index is 431. The van der Waals surface area contributed by atoms with Gasteiger partial charge in [-0.1, -0.05) is 0 Å². The molecule has 0 aliphatic heterocycles.